The van der Waals surface area contributed by atoms with Crippen molar-refractivity contribution in [2.45, 2.75) is 38.4 Å². The normalized spacial score (nSPS) is 27.9. The predicted octanol–water partition coefficient (Wildman–Crippen LogP) is 3.39. The van der Waals surface area contributed by atoms with Crippen molar-refractivity contribution < 1.29 is 14.3 Å². The number of ether oxygens (including phenoxy) is 2. The van der Waals surface area contributed by atoms with Gasteiger partial charge in [-0.2, -0.15) is 0 Å². The van der Waals surface area contributed by atoms with Gasteiger partial charge in [0.25, 0.3) is 5.91 Å². The number of carbonyl (C=O) groups excluding carboxylic acids is 1. The topological polar surface area (TPSA) is 38.8 Å². The van der Waals surface area contributed by atoms with E-state index < -0.39 is 0 Å². The molecule has 2 atom stereocenters. The van der Waals surface area contributed by atoms with Gasteiger partial charge < -0.3 is 9.47 Å². The molecule has 4 nitrogen and oxygen atoms in total. The van der Waals surface area contributed by atoms with Crippen LogP contribution in [0, 0.1) is 0 Å². The van der Waals surface area contributed by atoms with Crippen LogP contribution in [-0.2, 0) is 16.0 Å². The standard InChI is InChI=1S/C18H19NO3S2/c1-11-7-13-8-12(4-5-15(13)22-11)9-16-17(20)19(18(23)24-16)10-14-3-2-6-21-14/h4-5,8-9,11,14H,2-3,6-7,10H2,1H3/b16-9+/t11-,14+/m1/s1. The Labute approximate surface area is 151 Å². The minimum atomic E-state index is -0.00869. The summed E-state index contributed by atoms with van der Waals surface area (Å²) in [5.74, 6) is 0.941. The van der Waals surface area contributed by atoms with E-state index in [2.05, 4.69) is 13.0 Å². The first kappa shape index (κ1) is 16.1. The van der Waals surface area contributed by atoms with Crippen molar-refractivity contribution in [1.82, 2.24) is 4.90 Å². The van der Waals surface area contributed by atoms with Crippen LogP contribution >= 0.6 is 24.0 Å². The van der Waals surface area contributed by atoms with Crippen LogP contribution in [0.15, 0.2) is 23.1 Å². The van der Waals surface area contributed by atoms with E-state index >= 15 is 0 Å². The Morgan fingerprint density at radius 3 is 3.12 bits per heavy atom. The van der Waals surface area contributed by atoms with Crippen LogP contribution in [0.3, 0.4) is 0 Å². The molecule has 0 spiro atoms. The molecule has 0 aliphatic carbocycles. The van der Waals surface area contributed by atoms with Gasteiger partial charge >= 0.3 is 0 Å². The lowest BCUT2D eigenvalue weighted by Gasteiger charge is -2.18. The largest absolute Gasteiger partial charge is 0.490 e. The molecule has 0 unspecified atom stereocenters. The zero-order valence-electron chi connectivity index (χ0n) is 13.5. The van der Waals surface area contributed by atoms with Crippen LogP contribution in [0.5, 0.6) is 5.75 Å². The van der Waals surface area contributed by atoms with Gasteiger partial charge in [-0.05, 0) is 49.1 Å². The Morgan fingerprint density at radius 2 is 2.33 bits per heavy atom. The van der Waals surface area contributed by atoms with Gasteiger partial charge in [0, 0.05) is 13.0 Å². The summed E-state index contributed by atoms with van der Waals surface area (Å²) < 4.78 is 12.0. The Morgan fingerprint density at radius 1 is 1.46 bits per heavy atom. The summed E-state index contributed by atoms with van der Waals surface area (Å²) >= 11 is 6.77. The number of amides is 1. The lowest BCUT2D eigenvalue weighted by Crippen LogP contribution is -2.35. The van der Waals surface area contributed by atoms with Gasteiger partial charge in [-0.1, -0.05) is 30.0 Å². The fraction of sp³-hybridized carbons (Fsp3) is 0.444. The summed E-state index contributed by atoms with van der Waals surface area (Å²) in [6.07, 6.45) is 5.24. The lowest BCUT2D eigenvalue weighted by molar-refractivity contribution is -0.123. The molecule has 3 aliphatic heterocycles. The molecule has 24 heavy (non-hydrogen) atoms. The van der Waals surface area contributed by atoms with Crippen LogP contribution in [0.2, 0.25) is 0 Å². The average molecular weight is 361 g/mol. The van der Waals surface area contributed by atoms with Crippen molar-refractivity contribution in [3.63, 3.8) is 0 Å². The minimum absolute atomic E-state index is 0.00869. The van der Waals surface area contributed by atoms with Crippen molar-refractivity contribution >= 4 is 40.3 Å². The Balaban J connectivity index is 1.52. The molecular weight excluding hydrogens is 342 g/mol. The molecule has 0 aromatic heterocycles. The van der Waals surface area contributed by atoms with E-state index in [-0.39, 0.29) is 18.1 Å². The van der Waals surface area contributed by atoms with E-state index in [4.69, 9.17) is 21.7 Å². The smallest absolute Gasteiger partial charge is 0.266 e. The van der Waals surface area contributed by atoms with Gasteiger partial charge in [0.15, 0.2) is 0 Å². The van der Waals surface area contributed by atoms with Gasteiger partial charge in [-0.3, -0.25) is 9.69 Å². The highest BCUT2D eigenvalue weighted by Gasteiger charge is 2.34. The summed E-state index contributed by atoms with van der Waals surface area (Å²) in [4.78, 5) is 15.0. The van der Waals surface area contributed by atoms with Gasteiger partial charge in [-0.15, -0.1) is 0 Å². The Kier molecular flexibility index (Phi) is 4.37. The summed E-state index contributed by atoms with van der Waals surface area (Å²) in [5.41, 5.74) is 2.22. The Hall–Kier alpha value is -1.37. The van der Waals surface area contributed by atoms with Gasteiger partial charge in [0.2, 0.25) is 0 Å². The molecule has 1 aromatic rings. The third-order valence-corrected chi connectivity index (χ3v) is 5.88. The first-order valence-electron chi connectivity index (χ1n) is 8.27. The second kappa shape index (κ2) is 6.50. The van der Waals surface area contributed by atoms with Crippen molar-refractivity contribution in [1.29, 1.82) is 0 Å². The van der Waals surface area contributed by atoms with Crippen molar-refractivity contribution in [2.24, 2.45) is 0 Å². The van der Waals surface area contributed by atoms with Crippen LogP contribution in [-0.4, -0.2) is 40.5 Å². The van der Waals surface area contributed by atoms with Crippen molar-refractivity contribution in [3.8, 4) is 5.75 Å². The molecule has 3 heterocycles. The molecular formula is C18H19NO3S2. The SMILES string of the molecule is C[C@@H]1Cc2cc(/C=C3/SC(=S)N(C[C@@H]4CCCO4)C3=O)ccc2O1. The summed E-state index contributed by atoms with van der Waals surface area (Å²) in [5, 5.41) is 0. The second-order valence-electron chi connectivity index (χ2n) is 6.43. The van der Waals surface area contributed by atoms with E-state index in [1.165, 1.54) is 17.3 Å². The van der Waals surface area contributed by atoms with Crippen molar-refractivity contribution in [3.05, 3.63) is 34.2 Å². The molecule has 2 fully saturated rings. The number of benzene rings is 1. The van der Waals surface area contributed by atoms with E-state index in [1.807, 2.05) is 18.2 Å². The number of nitrogens with zero attached hydrogens (tertiary/aromatic N) is 1. The monoisotopic (exact) mass is 361 g/mol. The van der Waals surface area contributed by atoms with Crippen LogP contribution < -0.4 is 4.74 Å². The van der Waals surface area contributed by atoms with E-state index in [9.17, 15) is 4.79 Å². The summed E-state index contributed by atoms with van der Waals surface area (Å²) in [7, 11) is 0. The fourth-order valence-corrected chi connectivity index (χ4v) is 4.61. The molecule has 0 radical (unpaired) electrons. The molecule has 0 bridgehead atoms. The van der Waals surface area contributed by atoms with E-state index in [1.54, 1.807) is 4.90 Å². The van der Waals surface area contributed by atoms with Gasteiger partial charge in [0.1, 0.15) is 16.2 Å². The maximum Gasteiger partial charge on any atom is 0.266 e. The highest BCUT2D eigenvalue weighted by atomic mass is 32.2. The maximum atomic E-state index is 12.7. The first-order valence-corrected chi connectivity index (χ1v) is 9.49. The van der Waals surface area contributed by atoms with E-state index in [0.717, 1.165) is 37.2 Å². The first-order chi connectivity index (χ1) is 11.6. The number of thioether (sulfide) groups is 1. The quantitative estimate of drug-likeness (QED) is 0.609. The zero-order chi connectivity index (χ0) is 16.7. The molecule has 3 aliphatic rings. The molecule has 4 rings (SSSR count). The number of thiocarbonyl (C=S) groups is 1. The van der Waals surface area contributed by atoms with Gasteiger partial charge in [0.05, 0.1) is 17.6 Å². The Bertz CT molecular complexity index is 725. The second-order valence-corrected chi connectivity index (χ2v) is 8.10. The fourth-order valence-electron chi connectivity index (χ4n) is 3.33. The van der Waals surface area contributed by atoms with Crippen LogP contribution in [0.25, 0.3) is 6.08 Å². The maximum absolute atomic E-state index is 12.7. The lowest BCUT2D eigenvalue weighted by atomic mass is 10.1. The molecule has 126 valence electrons. The highest BCUT2D eigenvalue weighted by molar-refractivity contribution is 8.26. The molecule has 0 saturated carbocycles. The number of hydrogen-bond acceptors (Lipinski definition) is 5. The number of carbonyl (C=O) groups is 1. The number of rotatable bonds is 3. The highest BCUT2D eigenvalue weighted by Crippen LogP contribution is 2.35. The number of hydrogen-bond donors (Lipinski definition) is 0. The summed E-state index contributed by atoms with van der Waals surface area (Å²) in [6, 6.07) is 6.08. The molecule has 6 heteroatoms. The third kappa shape index (κ3) is 3.10. The zero-order valence-corrected chi connectivity index (χ0v) is 15.1. The van der Waals surface area contributed by atoms with Crippen LogP contribution in [0.1, 0.15) is 30.9 Å². The predicted molar refractivity (Wildman–Crippen MR) is 99.1 cm³/mol. The van der Waals surface area contributed by atoms with Crippen molar-refractivity contribution in [2.75, 3.05) is 13.2 Å². The number of fused-ring (bicyclic) bond motifs is 1. The minimum Gasteiger partial charge on any atom is -0.490 e. The van der Waals surface area contributed by atoms with E-state index in [0.29, 0.717) is 15.8 Å². The van der Waals surface area contributed by atoms with Crippen LogP contribution in [0.4, 0.5) is 0 Å². The molecule has 0 N–H and O–H groups in total. The third-order valence-electron chi connectivity index (χ3n) is 4.50. The molecule has 1 amide bonds. The average Bonchev–Trinajstić information content (AvgIpc) is 3.23. The summed E-state index contributed by atoms with van der Waals surface area (Å²) in [6.45, 7) is 3.42. The van der Waals surface area contributed by atoms with Gasteiger partial charge in [-0.25, -0.2) is 0 Å². The molecule has 2 saturated heterocycles. The molecule has 1 aromatic carbocycles.